The Balaban J connectivity index is 1.63. The standard InChI is InChI=1S/C37H38F2N6O3/c1-8-27(46)43-17-22-10-11-23-33(44(22)16-21(43)6)24-15-25(38)29(28-19(4)9-12-26-35(28)42(7)37(48)41-26)30(39)34(24)45(36(23)47)32-20(5)13-14-40-31(32)18(2)3/h8-9,12-15,18,21-22H,1,10-11,16-17H2,2-7H3,(H,41,48). The Bertz CT molecular complexity index is 2320. The van der Waals surface area contributed by atoms with E-state index in [1.54, 1.807) is 43.3 Å². The summed E-state index contributed by atoms with van der Waals surface area (Å²) in [4.78, 5) is 51.5. The summed E-state index contributed by atoms with van der Waals surface area (Å²) in [5.41, 5.74) is 3.25. The van der Waals surface area contributed by atoms with Crippen molar-refractivity contribution in [3.63, 3.8) is 0 Å². The molecule has 0 aliphatic carbocycles. The van der Waals surface area contributed by atoms with Gasteiger partial charge in [0.05, 0.1) is 39.2 Å². The molecule has 5 heterocycles. The molecule has 5 aromatic rings. The summed E-state index contributed by atoms with van der Waals surface area (Å²) in [6.45, 7) is 13.9. The molecule has 9 nitrogen and oxygen atoms in total. The van der Waals surface area contributed by atoms with Gasteiger partial charge in [-0.2, -0.15) is 0 Å². The molecule has 0 spiro atoms. The number of pyridine rings is 2. The summed E-state index contributed by atoms with van der Waals surface area (Å²) in [6.07, 6.45) is 3.94. The largest absolute Gasteiger partial charge is 0.364 e. The molecule has 0 bridgehead atoms. The fourth-order valence-corrected chi connectivity index (χ4v) is 7.84. The first kappa shape index (κ1) is 31.5. The van der Waals surface area contributed by atoms with Crippen LogP contribution >= 0.6 is 0 Å². The number of aromatic amines is 1. The molecule has 248 valence electrons. The zero-order valence-corrected chi connectivity index (χ0v) is 27.9. The van der Waals surface area contributed by atoms with Gasteiger partial charge in [0.2, 0.25) is 5.91 Å². The second-order valence-electron chi connectivity index (χ2n) is 13.5. The third-order valence-electron chi connectivity index (χ3n) is 10.2. The molecular formula is C37H38F2N6O3. The number of hydrogen-bond acceptors (Lipinski definition) is 5. The molecule has 2 aliphatic heterocycles. The van der Waals surface area contributed by atoms with Crippen molar-refractivity contribution in [1.29, 1.82) is 0 Å². The van der Waals surface area contributed by atoms with E-state index in [1.807, 2.05) is 27.7 Å². The second kappa shape index (κ2) is 11.3. The normalized spacial score (nSPS) is 17.7. The quantitative estimate of drug-likeness (QED) is 0.248. The van der Waals surface area contributed by atoms with E-state index in [2.05, 4.69) is 21.4 Å². The molecule has 2 unspecified atom stereocenters. The van der Waals surface area contributed by atoms with Gasteiger partial charge < -0.3 is 14.8 Å². The highest BCUT2D eigenvalue weighted by Gasteiger charge is 2.40. The number of benzene rings is 2. The smallest absolute Gasteiger partial charge is 0.326 e. The maximum atomic E-state index is 17.7. The van der Waals surface area contributed by atoms with E-state index in [4.69, 9.17) is 0 Å². The number of fused-ring (bicyclic) bond motifs is 6. The zero-order valence-electron chi connectivity index (χ0n) is 27.9. The van der Waals surface area contributed by atoms with Crippen LogP contribution in [0.25, 0.3) is 38.8 Å². The van der Waals surface area contributed by atoms with E-state index in [1.165, 1.54) is 21.3 Å². The van der Waals surface area contributed by atoms with Gasteiger partial charge in [-0.25, -0.2) is 13.6 Å². The molecule has 1 fully saturated rings. The van der Waals surface area contributed by atoms with Gasteiger partial charge in [-0.05, 0) is 74.9 Å². The summed E-state index contributed by atoms with van der Waals surface area (Å²) in [6, 6.07) is 6.17. The molecule has 1 amide bonds. The third kappa shape index (κ3) is 4.47. The van der Waals surface area contributed by atoms with E-state index in [9.17, 15) is 14.4 Å². The number of rotatable bonds is 4. The van der Waals surface area contributed by atoms with Crippen LogP contribution in [-0.2, 0) is 18.3 Å². The fourth-order valence-electron chi connectivity index (χ4n) is 7.84. The number of aryl methyl sites for hydroxylation is 3. The van der Waals surface area contributed by atoms with Gasteiger partial charge in [0.15, 0.2) is 5.82 Å². The van der Waals surface area contributed by atoms with Gasteiger partial charge in [0.1, 0.15) is 5.82 Å². The summed E-state index contributed by atoms with van der Waals surface area (Å²) in [5, 5.41) is 0.273. The molecule has 1 saturated heterocycles. The fraction of sp³-hybridized carbons (Fsp3) is 0.351. The SMILES string of the molecule is C=CC(=O)N1CC2CCc3c(c4cc(F)c(-c5c(C)ccc6[nH]c(=O)n(C)c56)c(F)c4n(-c4c(C)ccnc4C(C)C)c3=O)N2CC1C. The lowest BCUT2D eigenvalue weighted by atomic mass is 9.89. The van der Waals surface area contributed by atoms with Crippen molar-refractivity contribution in [3.05, 3.63) is 98.0 Å². The van der Waals surface area contributed by atoms with Crippen molar-refractivity contribution in [2.24, 2.45) is 7.05 Å². The molecule has 2 aliphatic rings. The monoisotopic (exact) mass is 652 g/mol. The van der Waals surface area contributed by atoms with Crippen molar-refractivity contribution in [3.8, 4) is 16.8 Å². The molecule has 11 heteroatoms. The average molecular weight is 653 g/mol. The second-order valence-corrected chi connectivity index (χ2v) is 13.5. The van der Waals surface area contributed by atoms with Gasteiger partial charge in [-0.3, -0.25) is 23.7 Å². The summed E-state index contributed by atoms with van der Waals surface area (Å²) in [7, 11) is 1.55. The van der Waals surface area contributed by atoms with Gasteiger partial charge in [-0.15, -0.1) is 0 Å². The lowest BCUT2D eigenvalue weighted by Crippen LogP contribution is -2.60. The lowest BCUT2D eigenvalue weighted by Gasteiger charge is -2.49. The van der Waals surface area contributed by atoms with Crippen LogP contribution in [-0.4, -0.2) is 55.1 Å². The van der Waals surface area contributed by atoms with Crippen LogP contribution in [0.5, 0.6) is 0 Å². The number of nitrogens with one attached hydrogen (secondary N) is 1. The van der Waals surface area contributed by atoms with Crippen molar-refractivity contribution in [1.82, 2.24) is 24.0 Å². The number of hydrogen-bond donors (Lipinski definition) is 1. The molecular weight excluding hydrogens is 614 g/mol. The highest BCUT2D eigenvalue weighted by atomic mass is 19.1. The molecule has 0 saturated carbocycles. The van der Waals surface area contributed by atoms with Gasteiger partial charge in [0.25, 0.3) is 5.56 Å². The Morgan fingerprint density at radius 1 is 1.06 bits per heavy atom. The molecule has 1 N–H and O–H groups in total. The number of H-pyrrole nitrogens is 1. The summed E-state index contributed by atoms with van der Waals surface area (Å²) >= 11 is 0. The van der Waals surface area contributed by atoms with E-state index in [0.29, 0.717) is 65.2 Å². The predicted octanol–water partition coefficient (Wildman–Crippen LogP) is 5.79. The number of carbonyl (C=O) groups is 1. The third-order valence-corrected chi connectivity index (χ3v) is 10.2. The maximum Gasteiger partial charge on any atom is 0.326 e. The van der Waals surface area contributed by atoms with Crippen LogP contribution in [0.2, 0.25) is 0 Å². The Kier molecular flexibility index (Phi) is 7.41. The van der Waals surface area contributed by atoms with E-state index < -0.39 is 17.3 Å². The van der Waals surface area contributed by atoms with Gasteiger partial charge >= 0.3 is 5.69 Å². The van der Waals surface area contributed by atoms with Crippen molar-refractivity contribution < 1.29 is 13.6 Å². The molecule has 0 radical (unpaired) electrons. The van der Waals surface area contributed by atoms with Gasteiger partial charge in [-0.1, -0.05) is 26.5 Å². The van der Waals surface area contributed by atoms with Crippen LogP contribution < -0.4 is 16.1 Å². The minimum Gasteiger partial charge on any atom is -0.364 e. The van der Waals surface area contributed by atoms with Crippen LogP contribution in [0.4, 0.5) is 14.5 Å². The van der Waals surface area contributed by atoms with Crippen LogP contribution in [0.3, 0.4) is 0 Å². The van der Waals surface area contributed by atoms with Crippen LogP contribution in [0.1, 0.15) is 55.5 Å². The number of piperazine rings is 1. The number of anilines is 1. The Hall–Kier alpha value is -5.06. The number of aromatic nitrogens is 4. The molecule has 2 atom stereocenters. The first-order chi connectivity index (χ1) is 22.8. The molecule has 7 rings (SSSR count). The predicted molar refractivity (Wildman–Crippen MR) is 184 cm³/mol. The van der Waals surface area contributed by atoms with Crippen molar-refractivity contribution >= 4 is 33.5 Å². The Labute approximate surface area is 276 Å². The topological polar surface area (TPSA) is 96.2 Å². The molecule has 2 aromatic carbocycles. The Morgan fingerprint density at radius 3 is 2.52 bits per heavy atom. The highest BCUT2D eigenvalue weighted by Crippen LogP contribution is 2.44. The first-order valence-corrected chi connectivity index (χ1v) is 16.3. The summed E-state index contributed by atoms with van der Waals surface area (Å²) < 4.78 is 37.3. The summed E-state index contributed by atoms with van der Waals surface area (Å²) in [5.74, 6) is -1.99. The Morgan fingerprint density at radius 2 is 1.81 bits per heavy atom. The number of carbonyl (C=O) groups excluding carboxylic acids is 1. The lowest BCUT2D eigenvalue weighted by molar-refractivity contribution is -0.129. The number of halogens is 2. The van der Waals surface area contributed by atoms with E-state index in [-0.39, 0.29) is 51.5 Å². The number of imidazole rings is 1. The number of amides is 1. The zero-order chi connectivity index (χ0) is 34.3. The van der Waals surface area contributed by atoms with E-state index >= 15 is 8.78 Å². The molecule has 48 heavy (non-hydrogen) atoms. The minimum atomic E-state index is -0.900. The first-order valence-electron chi connectivity index (χ1n) is 16.3. The van der Waals surface area contributed by atoms with Crippen LogP contribution in [0.15, 0.2) is 52.7 Å². The van der Waals surface area contributed by atoms with Gasteiger partial charge in [0, 0.05) is 54.9 Å². The minimum absolute atomic E-state index is 0.0528. The van der Waals surface area contributed by atoms with E-state index in [0.717, 1.165) is 5.56 Å². The molecule has 3 aromatic heterocycles. The average Bonchev–Trinajstić information content (AvgIpc) is 3.34. The van der Waals surface area contributed by atoms with Crippen LogP contribution in [0, 0.1) is 25.5 Å². The van der Waals surface area contributed by atoms with Crippen molar-refractivity contribution in [2.45, 2.75) is 65.5 Å². The number of nitrogens with zero attached hydrogens (tertiary/aromatic N) is 5. The maximum absolute atomic E-state index is 17.7. The highest BCUT2D eigenvalue weighted by molar-refractivity contribution is 6.02. The van der Waals surface area contributed by atoms with Crippen molar-refractivity contribution in [2.75, 3.05) is 18.0 Å².